The predicted octanol–water partition coefficient (Wildman–Crippen LogP) is 3.46. The van der Waals surface area contributed by atoms with Gasteiger partial charge in [-0.15, -0.1) is 0 Å². The third-order valence-electron chi connectivity index (χ3n) is 3.82. The van der Waals surface area contributed by atoms with Gasteiger partial charge in [0.1, 0.15) is 11.6 Å². The Labute approximate surface area is 156 Å². The monoisotopic (exact) mass is 388 g/mol. The lowest BCUT2D eigenvalue weighted by molar-refractivity contribution is 0.102. The van der Waals surface area contributed by atoms with Gasteiger partial charge >= 0.3 is 0 Å². The van der Waals surface area contributed by atoms with Crippen molar-refractivity contribution in [3.63, 3.8) is 0 Å². The molecule has 1 aromatic heterocycles. The largest absolute Gasteiger partial charge is 0.468 e. The average molecular weight is 388 g/mol. The molecule has 0 radical (unpaired) electrons. The van der Waals surface area contributed by atoms with Crippen molar-refractivity contribution in [1.29, 1.82) is 0 Å². The zero-order chi connectivity index (χ0) is 19.4. The van der Waals surface area contributed by atoms with Gasteiger partial charge < -0.3 is 9.73 Å². The lowest BCUT2D eigenvalue weighted by Gasteiger charge is -2.09. The van der Waals surface area contributed by atoms with Crippen LogP contribution in [0.15, 0.2) is 70.2 Å². The number of benzene rings is 2. The molecule has 0 aliphatic rings. The predicted molar refractivity (Wildman–Crippen MR) is 98.3 cm³/mol. The van der Waals surface area contributed by atoms with Crippen LogP contribution in [0.3, 0.4) is 0 Å². The number of rotatable bonds is 6. The second-order valence-corrected chi connectivity index (χ2v) is 7.63. The van der Waals surface area contributed by atoms with Gasteiger partial charge in [0.05, 0.1) is 23.4 Å². The first kappa shape index (κ1) is 18.8. The van der Waals surface area contributed by atoms with Crippen molar-refractivity contribution in [2.45, 2.75) is 18.4 Å². The maximum atomic E-state index is 13.8. The highest BCUT2D eigenvalue weighted by Crippen LogP contribution is 2.17. The molecule has 0 saturated heterocycles. The number of sulfonamides is 1. The summed E-state index contributed by atoms with van der Waals surface area (Å²) in [5.74, 6) is -0.593. The highest BCUT2D eigenvalue weighted by atomic mass is 32.2. The molecule has 140 valence electrons. The summed E-state index contributed by atoms with van der Waals surface area (Å²) in [6.07, 6.45) is 1.45. The maximum absolute atomic E-state index is 13.8. The lowest BCUT2D eigenvalue weighted by atomic mass is 10.2. The number of hydrogen-bond donors (Lipinski definition) is 2. The molecule has 1 heterocycles. The van der Waals surface area contributed by atoms with Crippen LogP contribution < -0.4 is 10.0 Å². The van der Waals surface area contributed by atoms with E-state index in [9.17, 15) is 17.6 Å². The Morgan fingerprint density at radius 2 is 1.85 bits per heavy atom. The standard InChI is InChI=1S/C19H17FN2O4S/c1-13-4-9-18(17(20)11-13)22-19(23)14-5-7-16(8-6-14)27(24,25)21-12-15-3-2-10-26-15/h2-11,21H,12H2,1H3,(H,22,23). The van der Waals surface area contributed by atoms with Crippen LogP contribution in [0, 0.1) is 12.7 Å². The molecule has 0 aliphatic carbocycles. The number of aryl methyl sites for hydroxylation is 1. The van der Waals surface area contributed by atoms with Gasteiger partial charge in [-0.2, -0.15) is 0 Å². The van der Waals surface area contributed by atoms with Crippen molar-refractivity contribution in [1.82, 2.24) is 4.72 Å². The quantitative estimate of drug-likeness (QED) is 0.677. The summed E-state index contributed by atoms with van der Waals surface area (Å²) in [5.41, 5.74) is 1.00. The van der Waals surface area contributed by atoms with Crippen molar-refractivity contribution in [3.05, 3.63) is 83.6 Å². The smallest absolute Gasteiger partial charge is 0.255 e. The Morgan fingerprint density at radius 3 is 2.48 bits per heavy atom. The zero-order valence-electron chi connectivity index (χ0n) is 14.4. The maximum Gasteiger partial charge on any atom is 0.255 e. The minimum Gasteiger partial charge on any atom is -0.468 e. The van der Waals surface area contributed by atoms with Gasteiger partial charge in [-0.3, -0.25) is 4.79 Å². The van der Waals surface area contributed by atoms with Gasteiger partial charge in [-0.1, -0.05) is 6.07 Å². The van der Waals surface area contributed by atoms with Crippen molar-refractivity contribution in [2.75, 3.05) is 5.32 Å². The fourth-order valence-electron chi connectivity index (χ4n) is 2.36. The molecule has 27 heavy (non-hydrogen) atoms. The Kier molecular flexibility index (Phi) is 5.38. The Morgan fingerprint density at radius 1 is 1.11 bits per heavy atom. The third kappa shape index (κ3) is 4.60. The van der Waals surface area contributed by atoms with Crippen LogP contribution in [0.2, 0.25) is 0 Å². The van der Waals surface area contributed by atoms with E-state index in [4.69, 9.17) is 4.42 Å². The van der Waals surface area contributed by atoms with Crippen LogP contribution in [-0.2, 0) is 16.6 Å². The molecule has 6 nitrogen and oxygen atoms in total. The molecule has 1 amide bonds. The number of anilines is 1. The van der Waals surface area contributed by atoms with Crippen LogP contribution >= 0.6 is 0 Å². The molecule has 0 fully saturated rings. The van der Waals surface area contributed by atoms with E-state index in [1.807, 2.05) is 0 Å². The van der Waals surface area contributed by atoms with E-state index in [0.717, 1.165) is 5.56 Å². The van der Waals surface area contributed by atoms with Crippen molar-refractivity contribution in [3.8, 4) is 0 Å². The Balaban J connectivity index is 1.69. The number of halogens is 1. The second-order valence-electron chi connectivity index (χ2n) is 5.87. The molecule has 3 rings (SSSR count). The summed E-state index contributed by atoms with van der Waals surface area (Å²) in [4.78, 5) is 12.2. The zero-order valence-corrected chi connectivity index (χ0v) is 15.2. The van der Waals surface area contributed by atoms with Crippen LogP contribution in [0.5, 0.6) is 0 Å². The number of carbonyl (C=O) groups excluding carboxylic acids is 1. The van der Waals surface area contributed by atoms with Crippen molar-refractivity contribution < 1.29 is 22.0 Å². The first-order chi connectivity index (χ1) is 12.8. The van der Waals surface area contributed by atoms with Crippen molar-refractivity contribution in [2.24, 2.45) is 0 Å². The first-order valence-corrected chi connectivity index (χ1v) is 9.53. The summed E-state index contributed by atoms with van der Waals surface area (Å²) in [5, 5.41) is 2.46. The van der Waals surface area contributed by atoms with E-state index in [-0.39, 0.29) is 22.7 Å². The van der Waals surface area contributed by atoms with E-state index in [1.54, 1.807) is 25.1 Å². The van der Waals surface area contributed by atoms with Gasteiger partial charge in [-0.25, -0.2) is 17.5 Å². The van der Waals surface area contributed by atoms with E-state index >= 15 is 0 Å². The van der Waals surface area contributed by atoms with Gasteiger partial charge in [0.25, 0.3) is 5.91 Å². The van der Waals surface area contributed by atoms with Crippen LogP contribution in [0.4, 0.5) is 10.1 Å². The van der Waals surface area contributed by atoms with E-state index in [0.29, 0.717) is 5.76 Å². The third-order valence-corrected chi connectivity index (χ3v) is 5.23. The SMILES string of the molecule is Cc1ccc(NC(=O)c2ccc(S(=O)(=O)NCc3ccco3)cc2)c(F)c1. The van der Waals surface area contributed by atoms with Gasteiger partial charge in [-0.05, 0) is 61.0 Å². The van der Waals surface area contributed by atoms with Gasteiger partial charge in [0.15, 0.2) is 0 Å². The fraction of sp³-hybridized carbons (Fsp3) is 0.105. The number of hydrogen-bond acceptors (Lipinski definition) is 4. The molecule has 3 aromatic rings. The molecule has 0 unspecified atom stereocenters. The number of amides is 1. The molecular weight excluding hydrogens is 371 g/mol. The lowest BCUT2D eigenvalue weighted by Crippen LogP contribution is -2.23. The fourth-order valence-corrected chi connectivity index (χ4v) is 3.36. The Hall–Kier alpha value is -2.97. The molecule has 2 aromatic carbocycles. The average Bonchev–Trinajstić information content (AvgIpc) is 3.16. The van der Waals surface area contributed by atoms with Gasteiger partial charge in [0, 0.05) is 5.56 Å². The highest BCUT2D eigenvalue weighted by molar-refractivity contribution is 7.89. The summed E-state index contributed by atoms with van der Waals surface area (Å²) < 4.78 is 45.9. The Bertz CT molecular complexity index is 1050. The summed E-state index contributed by atoms with van der Waals surface area (Å²) in [6, 6.07) is 13.1. The van der Waals surface area contributed by atoms with E-state index in [1.165, 1.54) is 42.7 Å². The molecular formula is C19H17FN2O4S. The molecule has 0 atom stereocenters. The van der Waals surface area contributed by atoms with Gasteiger partial charge in [0.2, 0.25) is 10.0 Å². The normalized spacial score (nSPS) is 11.3. The van der Waals surface area contributed by atoms with Crippen LogP contribution in [0.25, 0.3) is 0 Å². The van der Waals surface area contributed by atoms with Crippen LogP contribution in [-0.4, -0.2) is 14.3 Å². The molecule has 0 bridgehead atoms. The van der Waals surface area contributed by atoms with E-state index < -0.39 is 21.7 Å². The van der Waals surface area contributed by atoms with Crippen LogP contribution in [0.1, 0.15) is 21.7 Å². The summed E-state index contributed by atoms with van der Waals surface area (Å²) in [6.45, 7) is 1.76. The topological polar surface area (TPSA) is 88.4 Å². The molecule has 2 N–H and O–H groups in total. The molecule has 0 saturated carbocycles. The summed E-state index contributed by atoms with van der Waals surface area (Å²) in [7, 11) is -3.75. The number of furan rings is 1. The summed E-state index contributed by atoms with van der Waals surface area (Å²) >= 11 is 0. The first-order valence-electron chi connectivity index (χ1n) is 8.05. The minimum atomic E-state index is -3.75. The van der Waals surface area contributed by atoms with E-state index in [2.05, 4.69) is 10.0 Å². The number of nitrogens with one attached hydrogen (secondary N) is 2. The molecule has 0 spiro atoms. The van der Waals surface area contributed by atoms with Crippen molar-refractivity contribution >= 4 is 21.6 Å². The molecule has 8 heteroatoms. The highest BCUT2D eigenvalue weighted by Gasteiger charge is 2.16. The molecule has 0 aliphatic heterocycles. The second kappa shape index (κ2) is 7.73. The minimum absolute atomic E-state index is 0.00659. The number of carbonyl (C=O) groups is 1.